The number of fused-ring (bicyclic) bond motifs is 3. The molecule has 2 aliphatic heterocycles. The molecule has 1 amide bonds. The third-order valence-electron chi connectivity index (χ3n) is 12.4. The zero-order valence-corrected chi connectivity index (χ0v) is 34.8. The van der Waals surface area contributed by atoms with Crippen LogP contribution in [0.3, 0.4) is 0 Å². The van der Waals surface area contributed by atoms with E-state index in [9.17, 15) is 15.0 Å². The molecule has 59 heavy (non-hydrogen) atoms. The van der Waals surface area contributed by atoms with Crippen LogP contribution in [-0.4, -0.2) is 84.6 Å². The second kappa shape index (κ2) is 20.2. The number of oxime groups is 1. The van der Waals surface area contributed by atoms with Crippen LogP contribution in [0.4, 0.5) is 4.79 Å². The van der Waals surface area contributed by atoms with Gasteiger partial charge in [0.25, 0.3) is 0 Å². The summed E-state index contributed by atoms with van der Waals surface area (Å²) in [5.41, 5.74) is 2.71. The van der Waals surface area contributed by atoms with Gasteiger partial charge in [-0.15, -0.1) is 6.58 Å². The molecule has 0 aromatic heterocycles. The molecule has 1 saturated carbocycles. The van der Waals surface area contributed by atoms with Crippen molar-refractivity contribution < 1.29 is 43.5 Å². The molecule has 0 radical (unpaired) electrons. The maximum absolute atomic E-state index is 14.1. The average Bonchev–Trinajstić information content (AvgIpc) is 3.26. The highest BCUT2D eigenvalue weighted by molar-refractivity contribution is 6.03. The summed E-state index contributed by atoms with van der Waals surface area (Å²) < 4.78 is 32.7. The molecule has 1 saturated heterocycles. The number of rotatable bonds is 19. The third-order valence-corrected chi connectivity index (χ3v) is 12.4. The minimum atomic E-state index is -1.36. The third kappa shape index (κ3) is 9.33. The van der Waals surface area contributed by atoms with Gasteiger partial charge in [-0.05, 0) is 110 Å². The molecule has 7 atom stereocenters. The molecule has 11 heteroatoms. The van der Waals surface area contributed by atoms with Crippen LogP contribution >= 0.6 is 0 Å². The molecular weight excluding hydrogens is 749 g/mol. The molecule has 2 aliphatic carbocycles. The van der Waals surface area contributed by atoms with Crippen LogP contribution in [0, 0.1) is 17.8 Å². The molecule has 3 aromatic rings. The molecule has 1 unspecified atom stereocenters. The number of benzene rings is 3. The van der Waals surface area contributed by atoms with Gasteiger partial charge in [-0.25, -0.2) is 4.79 Å². The minimum absolute atomic E-state index is 0.0871. The van der Waals surface area contributed by atoms with E-state index >= 15 is 0 Å². The summed E-state index contributed by atoms with van der Waals surface area (Å²) in [7, 11) is 0. The van der Waals surface area contributed by atoms with E-state index in [-0.39, 0.29) is 44.2 Å². The molecule has 7 rings (SSSR count). The van der Waals surface area contributed by atoms with E-state index in [0.717, 1.165) is 78.3 Å². The van der Waals surface area contributed by atoms with Crippen LogP contribution in [0.5, 0.6) is 17.2 Å². The zero-order chi connectivity index (χ0) is 41.2. The van der Waals surface area contributed by atoms with Gasteiger partial charge in [0.05, 0.1) is 31.5 Å². The summed E-state index contributed by atoms with van der Waals surface area (Å²) in [6.45, 7) is 9.56. The van der Waals surface area contributed by atoms with Gasteiger partial charge < -0.3 is 38.7 Å². The Kier molecular flexibility index (Phi) is 14.6. The summed E-state index contributed by atoms with van der Waals surface area (Å²) in [5.74, 6) is 0.314. The smallest absolute Gasteiger partial charge is 0.410 e. The van der Waals surface area contributed by atoms with Crippen molar-refractivity contribution in [2.75, 3.05) is 39.6 Å². The molecule has 2 N–H and O–H groups in total. The lowest BCUT2D eigenvalue weighted by atomic mass is 9.55. The number of unbranched alkanes of at least 4 members (excludes halogenated alkanes) is 2. The molecule has 11 nitrogen and oxygen atoms in total. The standard InChI is InChI=1S/C48H62N2O9/c1-4-24-50(47(53)54-6-3)43-32-41(49-59-44-19-11-14-28-55-44)39-30-35(17-9-12-25-51)38(18-10-13-26-52)45-40-31-37(57-36-21-20-33-15-7-8-16-34(33)29-36)22-23-42(40)58-48(43,46(39)45)56-27-5-2/h5,7-8,15-16,20-23,29-31,35,38,43-46,51-52H,2,4,6,9-14,17-19,24-28,32H2,1,3H3/t35-,38+,43-,44?,45+,46+,48+/m0/s1. The van der Waals surface area contributed by atoms with Crippen molar-refractivity contribution in [3.8, 4) is 17.2 Å². The fourth-order valence-electron chi connectivity index (χ4n) is 9.82. The lowest BCUT2D eigenvalue weighted by Crippen LogP contribution is -2.70. The van der Waals surface area contributed by atoms with Crippen LogP contribution < -0.4 is 9.47 Å². The number of nitrogens with zero attached hydrogens (tertiary/aromatic N) is 2. The quantitative estimate of drug-likeness (QED) is 0.0691. The van der Waals surface area contributed by atoms with Crippen LogP contribution in [0.15, 0.2) is 90.1 Å². The highest BCUT2D eigenvalue weighted by Gasteiger charge is 2.65. The SMILES string of the molecule is C=CCO[C@@]12Oc3ccc(Oc4ccc5ccccc5c4)cc3[C@H]3[C@H](CCCCO)[C@@H](CCCCO)C=C(C(=NOC4CCCCO4)C[C@@H]1N(CCC)C(=O)OCC)[C@H]32. The number of hydrogen-bond donors (Lipinski definition) is 2. The van der Waals surface area contributed by atoms with Gasteiger partial charge in [0, 0.05) is 44.1 Å². The Morgan fingerprint density at radius 3 is 2.51 bits per heavy atom. The molecule has 2 heterocycles. The van der Waals surface area contributed by atoms with Crippen LogP contribution in [0.1, 0.15) is 96.0 Å². The van der Waals surface area contributed by atoms with Crippen molar-refractivity contribution in [1.82, 2.24) is 4.90 Å². The molecule has 3 aromatic carbocycles. The first kappa shape index (κ1) is 42.7. The van der Waals surface area contributed by atoms with Gasteiger partial charge in [0.1, 0.15) is 23.3 Å². The van der Waals surface area contributed by atoms with Crippen LogP contribution in [0.2, 0.25) is 0 Å². The topological polar surface area (TPSA) is 129 Å². The van der Waals surface area contributed by atoms with E-state index < -0.39 is 30.1 Å². The summed E-state index contributed by atoms with van der Waals surface area (Å²) >= 11 is 0. The van der Waals surface area contributed by atoms with Crippen LogP contribution in [-0.2, 0) is 19.0 Å². The molecule has 0 bridgehead atoms. The van der Waals surface area contributed by atoms with Crippen LogP contribution in [0.25, 0.3) is 10.8 Å². The van der Waals surface area contributed by atoms with Gasteiger partial charge in [0.15, 0.2) is 0 Å². The van der Waals surface area contributed by atoms with E-state index in [1.54, 1.807) is 11.0 Å². The summed E-state index contributed by atoms with van der Waals surface area (Å²) in [6.07, 6.45) is 11.6. The van der Waals surface area contributed by atoms with Crippen molar-refractivity contribution in [2.45, 2.75) is 109 Å². The largest absolute Gasteiger partial charge is 0.459 e. The average molecular weight is 811 g/mol. The highest BCUT2D eigenvalue weighted by Crippen LogP contribution is 2.62. The van der Waals surface area contributed by atoms with Gasteiger partial charge in [0.2, 0.25) is 12.1 Å². The lowest BCUT2D eigenvalue weighted by molar-refractivity contribution is -0.255. The second-order valence-electron chi connectivity index (χ2n) is 16.2. The molecule has 318 valence electrons. The molecular formula is C48H62N2O9. The van der Waals surface area contributed by atoms with Crippen molar-refractivity contribution in [2.24, 2.45) is 22.9 Å². The predicted octanol–water partition coefficient (Wildman–Crippen LogP) is 9.66. The number of aliphatic hydroxyl groups is 2. The first-order valence-electron chi connectivity index (χ1n) is 21.9. The minimum Gasteiger partial charge on any atom is -0.459 e. The van der Waals surface area contributed by atoms with Crippen molar-refractivity contribution in [3.05, 3.63) is 90.5 Å². The first-order chi connectivity index (χ1) is 28.9. The van der Waals surface area contributed by atoms with E-state index in [1.807, 2.05) is 44.2 Å². The van der Waals surface area contributed by atoms with Gasteiger partial charge >= 0.3 is 6.09 Å². The van der Waals surface area contributed by atoms with Gasteiger partial charge in [-0.2, -0.15) is 0 Å². The van der Waals surface area contributed by atoms with Crippen molar-refractivity contribution in [1.29, 1.82) is 0 Å². The maximum Gasteiger partial charge on any atom is 0.410 e. The number of allylic oxidation sites excluding steroid dienone is 1. The van der Waals surface area contributed by atoms with Crippen molar-refractivity contribution in [3.63, 3.8) is 0 Å². The Hall–Kier alpha value is -4.42. The molecule has 2 fully saturated rings. The molecule has 0 spiro atoms. The Morgan fingerprint density at radius 2 is 1.76 bits per heavy atom. The Morgan fingerprint density at radius 1 is 0.983 bits per heavy atom. The Bertz CT molecular complexity index is 1940. The van der Waals surface area contributed by atoms with E-state index in [4.69, 9.17) is 33.7 Å². The number of ether oxygens (including phenoxy) is 5. The fourth-order valence-corrected chi connectivity index (χ4v) is 9.82. The van der Waals surface area contributed by atoms with E-state index in [1.165, 1.54) is 0 Å². The summed E-state index contributed by atoms with van der Waals surface area (Å²) in [6, 6.07) is 19.7. The number of amides is 1. The number of carbonyl (C=O) groups excluding carboxylic acids is 1. The van der Waals surface area contributed by atoms with Gasteiger partial charge in [-0.1, -0.05) is 67.4 Å². The van der Waals surface area contributed by atoms with E-state index in [0.29, 0.717) is 50.3 Å². The normalized spacial score (nSPS) is 26.6. The zero-order valence-electron chi connectivity index (χ0n) is 34.8. The van der Waals surface area contributed by atoms with Crippen molar-refractivity contribution >= 4 is 22.6 Å². The van der Waals surface area contributed by atoms with Gasteiger partial charge in [-0.3, -0.25) is 4.90 Å². The Labute approximate surface area is 348 Å². The maximum atomic E-state index is 14.1. The predicted molar refractivity (Wildman–Crippen MR) is 228 cm³/mol. The summed E-state index contributed by atoms with van der Waals surface area (Å²) in [4.78, 5) is 22.1. The number of aliphatic hydroxyl groups excluding tert-OH is 2. The fraction of sp³-hybridized carbons (Fsp3) is 0.542. The first-order valence-corrected chi connectivity index (χ1v) is 21.9. The number of carbonyl (C=O) groups is 1. The highest BCUT2D eigenvalue weighted by atomic mass is 16.8. The summed E-state index contributed by atoms with van der Waals surface area (Å²) in [5, 5.41) is 27.0. The second-order valence-corrected chi connectivity index (χ2v) is 16.2. The lowest BCUT2D eigenvalue weighted by Gasteiger charge is -2.59. The number of hydrogen-bond acceptors (Lipinski definition) is 10. The monoisotopic (exact) mass is 810 g/mol. The Balaban J connectivity index is 1.42. The van der Waals surface area contributed by atoms with E-state index in [2.05, 4.69) is 43.0 Å². The molecule has 4 aliphatic rings.